The van der Waals surface area contributed by atoms with Crippen molar-refractivity contribution in [2.75, 3.05) is 0 Å². The number of allylic oxidation sites excluding steroid dienone is 4. The summed E-state index contributed by atoms with van der Waals surface area (Å²) in [6.07, 6.45) is 13.9. The van der Waals surface area contributed by atoms with Crippen molar-refractivity contribution in [2.24, 2.45) is 0 Å². The van der Waals surface area contributed by atoms with Crippen LogP contribution in [-0.2, 0) is 27.1 Å². The summed E-state index contributed by atoms with van der Waals surface area (Å²) in [4.78, 5) is 12.2. The van der Waals surface area contributed by atoms with Crippen LogP contribution in [0.5, 0.6) is 5.75 Å². The lowest BCUT2D eigenvalue weighted by molar-refractivity contribution is -0.134. The van der Waals surface area contributed by atoms with E-state index in [4.69, 9.17) is 14.2 Å². The highest BCUT2D eigenvalue weighted by Gasteiger charge is 2.41. The number of aryl methyl sites for hydroxylation is 2. The van der Waals surface area contributed by atoms with Gasteiger partial charge in [0.1, 0.15) is 17.6 Å². The van der Waals surface area contributed by atoms with Gasteiger partial charge in [-0.3, -0.25) is 4.79 Å². The van der Waals surface area contributed by atoms with E-state index in [0.717, 1.165) is 31.4 Å². The number of esters is 1. The van der Waals surface area contributed by atoms with Crippen molar-refractivity contribution in [3.8, 4) is 5.75 Å². The van der Waals surface area contributed by atoms with Crippen LogP contribution in [-0.4, -0.2) is 18.4 Å². The molecule has 0 bridgehead atoms. The van der Waals surface area contributed by atoms with Gasteiger partial charge in [-0.15, -0.1) is 0 Å². The Bertz CT molecular complexity index is 864. The standard InChI is InChI=1S/C26H32O4/c1-3-22(16-20-10-5-4-8-18(20)2)29-26-24(30-26)14-15-25(27)28-23-13-12-19-9-6-7-11-21(19)17-23/h3,12-13,16-17,24,26H,2,4-11,14-15H2,1H3/b20-16-,22-3+. The van der Waals surface area contributed by atoms with Gasteiger partial charge in [0.15, 0.2) is 0 Å². The SMILES string of the molecule is C=C1CCCC/C1=C/C(=C\C)OC1OC1CCC(=O)Oc1ccc2c(c1)CCCC2. The van der Waals surface area contributed by atoms with Crippen LogP contribution < -0.4 is 4.74 Å². The second-order valence-corrected chi connectivity index (χ2v) is 8.48. The number of carbonyl (C=O) groups is 1. The van der Waals surface area contributed by atoms with Gasteiger partial charge in [0.2, 0.25) is 6.29 Å². The molecule has 2 fully saturated rings. The zero-order valence-corrected chi connectivity index (χ0v) is 18.0. The predicted octanol–water partition coefficient (Wildman–Crippen LogP) is 5.95. The van der Waals surface area contributed by atoms with Gasteiger partial charge in [0, 0.05) is 6.42 Å². The highest BCUT2D eigenvalue weighted by molar-refractivity contribution is 5.72. The summed E-state index contributed by atoms with van der Waals surface area (Å²) in [6.45, 7) is 6.13. The Morgan fingerprint density at radius 2 is 1.90 bits per heavy atom. The van der Waals surface area contributed by atoms with Crippen LogP contribution in [0.1, 0.15) is 69.4 Å². The van der Waals surface area contributed by atoms with Gasteiger partial charge in [0.05, 0.1) is 0 Å². The first-order valence-corrected chi connectivity index (χ1v) is 11.3. The minimum atomic E-state index is -0.276. The molecule has 4 rings (SSSR count). The maximum Gasteiger partial charge on any atom is 0.311 e. The molecule has 2 aliphatic carbocycles. The average molecular weight is 409 g/mol. The first-order chi connectivity index (χ1) is 14.6. The number of rotatable bonds is 7. The van der Waals surface area contributed by atoms with E-state index in [1.54, 1.807) is 0 Å². The van der Waals surface area contributed by atoms with Crippen LogP contribution in [0.4, 0.5) is 0 Å². The maximum atomic E-state index is 12.2. The molecule has 1 aliphatic heterocycles. The molecule has 2 unspecified atom stereocenters. The van der Waals surface area contributed by atoms with Crippen molar-refractivity contribution in [3.63, 3.8) is 0 Å². The molecular weight excluding hydrogens is 376 g/mol. The van der Waals surface area contributed by atoms with Crippen LogP contribution in [0, 0.1) is 0 Å². The summed E-state index contributed by atoms with van der Waals surface area (Å²) >= 11 is 0. The summed E-state index contributed by atoms with van der Waals surface area (Å²) in [7, 11) is 0. The van der Waals surface area contributed by atoms with E-state index >= 15 is 0 Å². The van der Waals surface area contributed by atoms with Crippen molar-refractivity contribution < 1.29 is 19.0 Å². The van der Waals surface area contributed by atoms with Crippen LogP contribution in [0.15, 0.2) is 53.8 Å². The molecule has 160 valence electrons. The number of hydrogen-bond acceptors (Lipinski definition) is 4. The number of benzene rings is 1. The van der Waals surface area contributed by atoms with Crippen molar-refractivity contribution in [1.29, 1.82) is 0 Å². The van der Waals surface area contributed by atoms with E-state index in [1.807, 2.05) is 25.1 Å². The summed E-state index contributed by atoms with van der Waals surface area (Å²) in [6, 6.07) is 6.03. The van der Waals surface area contributed by atoms with E-state index in [-0.39, 0.29) is 18.4 Å². The van der Waals surface area contributed by atoms with Crippen molar-refractivity contribution >= 4 is 5.97 Å². The minimum absolute atomic E-state index is 0.0519. The van der Waals surface area contributed by atoms with Crippen LogP contribution in [0.2, 0.25) is 0 Å². The van der Waals surface area contributed by atoms with Gasteiger partial charge in [0.25, 0.3) is 0 Å². The number of ether oxygens (including phenoxy) is 3. The van der Waals surface area contributed by atoms with Crippen LogP contribution >= 0.6 is 0 Å². The second kappa shape index (κ2) is 9.65. The molecule has 30 heavy (non-hydrogen) atoms. The first kappa shape index (κ1) is 20.9. The zero-order chi connectivity index (χ0) is 20.9. The van der Waals surface area contributed by atoms with Gasteiger partial charge in [-0.25, -0.2) is 0 Å². The van der Waals surface area contributed by atoms with E-state index in [1.165, 1.54) is 48.0 Å². The molecule has 1 heterocycles. The molecule has 4 heteroatoms. The fourth-order valence-electron chi connectivity index (χ4n) is 4.31. The molecule has 0 spiro atoms. The molecule has 3 aliphatic rings. The molecule has 1 saturated carbocycles. The second-order valence-electron chi connectivity index (χ2n) is 8.48. The zero-order valence-electron chi connectivity index (χ0n) is 18.0. The topological polar surface area (TPSA) is 48.1 Å². The van der Waals surface area contributed by atoms with Gasteiger partial charge in [-0.2, -0.15) is 0 Å². The number of epoxide rings is 1. The highest BCUT2D eigenvalue weighted by Crippen LogP contribution is 2.33. The van der Waals surface area contributed by atoms with Crippen molar-refractivity contribution in [1.82, 2.24) is 0 Å². The molecule has 0 N–H and O–H groups in total. The summed E-state index contributed by atoms with van der Waals surface area (Å²) < 4.78 is 17.1. The monoisotopic (exact) mass is 408 g/mol. The Morgan fingerprint density at radius 3 is 2.70 bits per heavy atom. The molecule has 0 aromatic heterocycles. The molecule has 2 atom stereocenters. The van der Waals surface area contributed by atoms with E-state index < -0.39 is 0 Å². The normalized spacial score (nSPS) is 25.0. The lowest BCUT2D eigenvalue weighted by Gasteiger charge is -2.17. The average Bonchev–Trinajstić information content (AvgIpc) is 3.51. The van der Waals surface area contributed by atoms with E-state index in [2.05, 4.69) is 18.7 Å². The minimum Gasteiger partial charge on any atom is -0.462 e. The fraction of sp³-hybridized carbons (Fsp3) is 0.500. The van der Waals surface area contributed by atoms with Gasteiger partial charge >= 0.3 is 5.97 Å². The molecular formula is C26H32O4. The largest absolute Gasteiger partial charge is 0.462 e. The lowest BCUT2D eigenvalue weighted by atomic mass is 9.90. The van der Waals surface area contributed by atoms with Crippen LogP contribution in [0.25, 0.3) is 0 Å². The molecule has 1 aromatic carbocycles. The summed E-state index contributed by atoms with van der Waals surface area (Å²) in [5.74, 6) is 1.25. The Hall–Kier alpha value is -2.33. The Labute approximate surface area is 179 Å². The van der Waals surface area contributed by atoms with Crippen molar-refractivity contribution in [2.45, 2.75) is 83.5 Å². The molecule has 1 aromatic rings. The third-order valence-electron chi connectivity index (χ3n) is 6.20. The first-order valence-electron chi connectivity index (χ1n) is 11.3. The summed E-state index contributed by atoms with van der Waals surface area (Å²) in [5, 5.41) is 0. The Morgan fingerprint density at radius 1 is 1.13 bits per heavy atom. The van der Waals surface area contributed by atoms with Crippen molar-refractivity contribution in [3.05, 3.63) is 65.0 Å². The van der Waals surface area contributed by atoms with Crippen LogP contribution in [0.3, 0.4) is 0 Å². The lowest BCUT2D eigenvalue weighted by Crippen LogP contribution is -2.11. The van der Waals surface area contributed by atoms with Gasteiger partial charge in [-0.1, -0.05) is 18.2 Å². The molecule has 0 amide bonds. The quantitative estimate of drug-likeness (QED) is 0.242. The number of carbonyl (C=O) groups excluding carboxylic acids is 1. The molecule has 0 radical (unpaired) electrons. The third kappa shape index (κ3) is 5.42. The maximum absolute atomic E-state index is 12.2. The van der Waals surface area contributed by atoms with Gasteiger partial charge in [-0.05, 0) is 106 Å². The van der Waals surface area contributed by atoms with Gasteiger partial charge < -0.3 is 14.2 Å². The Balaban J connectivity index is 1.21. The Kier molecular flexibility index (Phi) is 6.73. The third-order valence-corrected chi connectivity index (χ3v) is 6.20. The highest BCUT2D eigenvalue weighted by atomic mass is 16.8. The summed E-state index contributed by atoms with van der Waals surface area (Å²) in [5.41, 5.74) is 5.20. The van der Waals surface area contributed by atoms with E-state index in [0.29, 0.717) is 18.6 Å². The molecule has 1 saturated heterocycles. The predicted molar refractivity (Wildman–Crippen MR) is 117 cm³/mol. The smallest absolute Gasteiger partial charge is 0.311 e. The molecule has 4 nitrogen and oxygen atoms in total. The van der Waals surface area contributed by atoms with E-state index in [9.17, 15) is 4.79 Å². The number of hydrogen-bond donors (Lipinski definition) is 0. The number of fused-ring (bicyclic) bond motifs is 1. The fourth-order valence-corrected chi connectivity index (χ4v) is 4.31.